The van der Waals surface area contributed by atoms with Gasteiger partial charge in [-0.2, -0.15) is 0 Å². The number of aryl methyl sites for hydroxylation is 2. The molecule has 3 N–H and O–H groups in total. The van der Waals surface area contributed by atoms with Crippen LogP contribution in [0.3, 0.4) is 0 Å². The summed E-state index contributed by atoms with van der Waals surface area (Å²) in [5.74, 6) is 5.65. The summed E-state index contributed by atoms with van der Waals surface area (Å²) in [7, 11) is 0. The average Bonchev–Trinajstić information content (AvgIpc) is 2.77. The van der Waals surface area contributed by atoms with Gasteiger partial charge in [-0.1, -0.05) is 0 Å². The maximum absolute atomic E-state index is 5.65. The molecule has 1 unspecified atom stereocenters. The first-order chi connectivity index (χ1) is 7.61. The first kappa shape index (κ1) is 12.3. The van der Waals surface area contributed by atoms with E-state index in [1.165, 1.54) is 24.7 Å². The number of hydrogen-bond acceptors (Lipinski definition) is 4. The standard InChI is InChI=1S/C11H13BrN2S2/c1-6-3-9(16-11(6)12)10(14-13)8-4-7(2)15-5-8/h3-5,10,14H,13H2,1-2H3. The summed E-state index contributed by atoms with van der Waals surface area (Å²) < 4.78 is 1.18. The summed E-state index contributed by atoms with van der Waals surface area (Å²) in [6.45, 7) is 4.20. The molecule has 0 amide bonds. The summed E-state index contributed by atoms with van der Waals surface area (Å²) in [6.07, 6.45) is 0. The van der Waals surface area contributed by atoms with Gasteiger partial charge in [0.2, 0.25) is 0 Å². The number of thiophene rings is 2. The fourth-order valence-electron chi connectivity index (χ4n) is 1.58. The van der Waals surface area contributed by atoms with Gasteiger partial charge in [-0.05, 0) is 58.4 Å². The van der Waals surface area contributed by atoms with E-state index in [1.807, 2.05) is 0 Å². The van der Waals surface area contributed by atoms with Crippen LogP contribution in [0.2, 0.25) is 0 Å². The van der Waals surface area contributed by atoms with Gasteiger partial charge in [0, 0.05) is 9.75 Å². The van der Waals surface area contributed by atoms with E-state index in [1.54, 1.807) is 22.7 Å². The van der Waals surface area contributed by atoms with Gasteiger partial charge >= 0.3 is 0 Å². The summed E-state index contributed by atoms with van der Waals surface area (Å²) in [4.78, 5) is 2.55. The summed E-state index contributed by atoms with van der Waals surface area (Å²) >= 11 is 7.02. The Morgan fingerprint density at radius 2 is 2.12 bits per heavy atom. The van der Waals surface area contributed by atoms with Crippen LogP contribution in [0.15, 0.2) is 21.3 Å². The molecule has 2 aromatic heterocycles. The zero-order chi connectivity index (χ0) is 11.7. The summed E-state index contributed by atoms with van der Waals surface area (Å²) in [6, 6.07) is 4.45. The van der Waals surface area contributed by atoms with E-state index >= 15 is 0 Å². The van der Waals surface area contributed by atoms with Gasteiger partial charge in [-0.3, -0.25) is 5.84 Å². The highest BCUT2D eigenvalue weighted by molar-refractivity contribution is 9.11. The Hall–Kier alpha value is -0.200. The molecule has 0 aliphatic carbocycles. The van der Waals surface area contributed by atoms with Crippen LogP contribution in [0, 0.1) is 13.8 Å². The lowest BCUT2D eigenvalue weighted by molar-refractivity contribution is 0.648. The fourth-order valence-corrected chi connectivity index (χ4v) is 3.97. The number of hydrogen-bond donors (Lipinski definition) is 2. The number of halogens is 1. The van der Waals surface area contributed by atoms with Crippen LogP contribution in [0.5, 0.6) is 0 Å². The topological polar surface area (TPSA) is 38.0 Å². The largest absolute Gasteiger partial charge is 0.271 e. The van der Waals surface area contributed by atoms with Crippen molar-refractivity contribution in [3.8, 4) is 0 Å². The van der Waals surface area contributed by atoms with E-state index in [2.05, 4.69) is 52.7 Å². The second-order valence-corrected chi connectivity index (χ2v) is 7.21. The quantitative estimate of drug-likeness (QED) is 0.668. The number of nitrogens with two attached hydrogens (primary N) is 1. The van der Waals surface area contributed by atoms with Crippen LogP contribution in [-0.4, -0.2) is 0 Å². The van der Waals surface area contributed by atoms with Crippen molar-refractivity contribution >= 4 is 38.6 Å². The Kier molecular flexibility index (Phi) is 3.81. The lowest BCUT2D eigenvalue weighted by Gasteiger charge is -2.12. The zero-order valence-corrected chi connectivity index (χ0v) is 12.3. The Labute approximate surface area is 112 Å². The molecular formula is C11H13BrN2S2. The third-order valence-corrected chi connectivity index (χ3v) is 5.49. The molecule has 0 aromatic carbocycles. The minimum absolute atomic E-state index is 0.0972. The predicted molar refractivity (Wildman–Crippen MR) is 75.0 cm³/mol. The molecule has 0 fully saturated rings. The smallest absolute Gasteiger partial charge is 0.0811 e. The molecule has 2 nitrogen and oxygen atoms in total. The second-order valence-electron chi connectivity index (χ2n) is 3.70. The summed E-state index contributed by atoms with van der Waals surface area (Å²) in [5.41, 5.74) is 5.38. The molecule has 86 valence electrons. The van der Waals surface area contributed by atoms with Gasteiger partial charge in [-0.15, -0.1) is 22.7 Å². The molecule has 0 bridgehead atoms. The van der Waals surface area contributed by atoms with Crippen molar-refractivity contribution in [1.82, 2.24) is 5.43 Å². The molecule has 0 spiro atoms. The highest BCUT2D eigenvalue weighted by Crippen LogP contribution is 2.35. The van der Waals surface area contributed by atoms with Crippen molar-refractivity contribution in [2.75, 3.05) is 0 Å². The van der Waals surface area contributed by atoms with Crippen LogP contribution >= 0.6 is 38.6 Å². The van der Waals surface area contributed by atoms with E-state index < -0.39 is 0 Å². The van der Waals surface area contributed by atoms with Crippen LogP contribution in [0.4, 0.5) is 0 Å². The molecule has 2 heterocycles. The second kappa shape index (κ2) is 4.98. The molecule has 2 rings (SSSR count). The summed E-state index contributed by atoms with van der Waals surface area (Å²) in [5, 5.41) is 2.16. The minimum Gasteiger partial charge on any atom is -0.271 e. The van der Waals surface area contributed by atoms with Gasteiger partial charge in [0.15, 0.2) is 0 Å². The van der Waals surface area contributed by atoms with Gasteiger partial charge in [0.05, 0.1) is 9.83 Å². The lowest BCUT2D eigenvalue weighted by Crippen LogP contribution is -2.27. The molecule has 0 aliphatic heterocycles. The van der Waals surface area contributed by atoms with Gasteiger partial charge in [0.25, 0.3) is 0 Å². The third-order valence-electron chi connectivity index (χ3n) is 2.41. The van der Waals surface area contributed by atoms with Gasteiger partial charge < -0.3 is 0 Å². The monoisotopic (exact) mass is 316 g/mol. The zero-order valence-electron chi connectivity index (χ0n) is 9.08. The Balaban J connectivity index is 2.36. The molecule has 16 heavy (non-hydrogen) atoms. The van der Waals surface area contributed by atoms with E-state index in [0.717, 1.165) is 0 Å². The van der Waals surface area contributed by atoms with Crippen molar-refractivity contribution < 1.29 is 0 Å². The van der Waals surface area contributed by atoms with E-state index in [-0.39, 0.29) is 6.04 Å². The van der Waals surface area contributed by atoms with Crippen molar-refractivity contribution in [2.24, 2.45) is 5.84 Å². The molecule has 0 saturated heterocycles. The van der Waals surface area contributed by atoms with Crippen molar-refractivity contribution in [2.45, 2.75) is 19.9 Å². The van der Waals surface area contributed by atoms with Crippen molar-refractivity contribution in [3.63, 3.8) is 0 Å². The number of hydrazine groups is 1. The number of rotatable bonds is 3. The minimum atomic E-state index is 0.0972. The molecule has 5 heteroatoms. The molecule has 0 saturated carbocycles. The molecule has 1 atom stereocenters. The normalized spacial score (nSPS) is 13.0. The molecule has 0 aliphatic rings. The molecule has 0 radical (unpaired) electrons. The first-order valence-electron chi connectivity index (χ1n) is 4.89. The van der Waals surface area contributed by atoms with Crippen LogP contribution < -0.4 is 11.3 Å². The highest BCUT2D eigenvalue weighted by atomic mass is 79.9. The van der Waals surface area contributed by atoms with E-state index in [0.29, 0.717) is 0 Å². The van der Waals surface area contributed by atoms with Crippen LogP contribution in [0.1, 0.15) is 26.9 Å². The van der Waals surface area contributed by atoms with E-state index in [4.69, 9.17) is 5.84 Å². The SMILES string of the molecule is Cc1cc(C(NN)c2cc(C)c(Br)s2)cs1. The van der Waals surface area contributed by atoms with E-state index in [9.17, 15) is 0 Å². The Bertz CT molecular complexity index is 470. The lowest BCUT2D eigenvalue weighted by atomic mass is 10.1. The van der Waals surface area contributed by atoms with Crippen molar-refractivity contribution in [3.05, 3.63) is 42.2 Å². The van der Waals surface area contributed by atoms with Crippen LogP contribution in [-0.2, 0) is 0 Å². The molecular weight excluding hydrogens is 304 g/mol. The van der Waals surface area contributed by atoms with Gasteiger partial charge in [0.1, 0.15) is 0 Å². The average molecular weight is 317 g/mol. The molecule has 2 aromatic rings. The van der Waals surface area contributed by atoms with Crippen molar-refractivity contribution in [1.29, 1.82) is 0 Å². The number of nitrogens with one attached hydrogen (secondary N) is 1. The first-order valence-corrected chi connectivity index (χ1v) is 7.37. The Morgan fingerprint density at radius 3 is 2.56 bits per heavy atom. The Morgan fingerprint density at radius 1 is 1.38 bits per heavy atom. The predicted octanol–water partition coefficient (Wildman–Crippen LogP) is 3.74. The maximum atomic E-state index is 5.65. The fraction of sp³-hybridized carbons (Fsp3) is 0.273. The van der Waals surface area contributed by atoms with Crippen LogP contribution in [0.25, 0.3) is 0 Å². The highest BCUT2D eigenvalue weighted by Gasteiger charge is 2.16. The third kappa shape index (κ3) is 2.38. The van der Waals surface area contributed by atoms with Gasteiger partial charge in [-0.25, -0.2) is 5.43 Å². The maximum Gasteiger partial charge on any atom is 0.0811 e.